The van der Waals surface area contributed by atoms with Crippen molar-refractivity contribution in [3.8, 4) is 0 Å². The molecule has 0 aromatic heterocycles. The molecule has 0 nitrogen and oxygen atoms in total. The number of hydrogen-bond acceptors (Lipinski definition) is 0. The van der Waals surface area contributed by atoms with Gasteiger partial charge < -0.3 is 0 Å². The summed E-state index contributed by atoms with van der Waals surface area (Å²) in [5.41, 5.74) is 0. The fraction of sp³-hybridized carbons (Fsp3) is 1.00. The summed E-state index contributed by atoms with van der Waals surface area (Å²) in [4.78, 5) is 0. The predicted molar refractivity (Wildman–Crippen MR) is 75.1 cm³/mol. The van der Waals surface area contributed by atoms with E-state index in [1.54, 1.807) is 25.7 Å². The molecule has 0 amide bonds. The van der Waals surface area contributed by atoms with Gasteiger partial charge in [-0.15, -0.1) is 0 Å². The first kappa shape index (κ1) is 11.6. The molecule has 0 heterocycles. The second kappa shape index (κ2) is 5.97. The lowest BCUT2D eigenvalue weighted by atomic mass is 10.00. The van der Waals surface area contributed by atoms with Crippen LogP contribution in [0.3, 0.4) is 0 Å². The first-order chi connectivity index (χ1) is 6.88. The summed E-state index contributed by atoms with van der Waals surface area (Å²) in [6.45, 7) is 0. The molecular weight excluding hydrogens is 303 g/mol. The quantitative estimate of drug-likeness (QED) is 0.513. The van der Waals surface area contributed by atoms with E-state index in [1.165, 1.54) is 38.5 Å². The van der Waals surface area contributed by atoms with E-state index >= 15 is 0 Å². The molecule has 2 saturated carbocycles. The van der Waals surface area contributed by atoms with E-state index in [1.807, 2.05) is 0 Å². The zero-order valence-electron chi connectivity index (χ0n) is 9.01. The van der Waals surface area contributed by atoms with Crippen LogP contribution in [0.25, 0.3) is 0 Å². The third-order valence-electron chi connectivity index (χ3n) is 3.74. The van der Waals surface area contributed by atoms with Crippen molar-refractivity contribution in [2.45, 2.75) is 74.7 Å². The highest BCUT2D eigenvalue weighted by Crippen LogP contribution is 2.37. The van der Waals surface area contributed by atoms with Gasteiger partial charge in [-0.05, 0) is 51.4 Å². The molecule has 0 bridgehead atoms. The minimum absolute atomic E-state index is 0.727. The fourth-order valence-corrected chi connectivity index (χ4v) is 8.02. The van der Waals surface area contributed by atoms with Gasteiger partial charge in [-0.3, -0.25) is 0 Å². The molecule has 2 rings (SSSR count). The molecule has 0 spiro atoms. The Hall–Kier alpha value is 1.08. The number of hydrogen-bond donors (Lipinski definition) is 0. The molecule has 0 N–H and O–H groups in total. The molecule has 82 valence electrons. The molecule has 0 atom stereocenters. The Balaban J connectivity index is 1.82. The van der Waals surface area contributed by atoms with E-state index in [4.69, 9.17) is 0 Å². The first-order valence-corrected chi connectivity index (χ1v) is 10.2. The van der Waals surface area contributed by atoms with Crippen LogP contribution in [0.4, 0.5) is 0 Å². The molecule has 0 radical (unpaired) electrons. The van der Waals surface area contributed by atoms with Crippen molar-refractivity contribution in [3.63, 3.8) is 0 Å². The zero-order chi connectivity index (χ0) is 9.80. The van der Waals surface area contributed by atoms with Crippen LogP contribution in [0.2, 0.25) is 0 Å². The van der Waals surface area contributed by atoms with Crippen LogP contribution in [0.15, 0.2) is 0 Å². The number of rotatable bonds is 2. The van der Waals surface area contributed by atoms with Crippen molar-refractivity contribution in [2.75, 3.05) is 0 Å². The fourth-order valence-electron chi connectivity index (χ4n) is 2.85. The Kier molecular flexibility index (Phi) is 4.93. The summed E-state index contributed by atoms with van der Waals surface area (Å²) >= 11 is 2.81. The van der Waals surface area contributed by atoms with Gasteiger partial charge in [-0.25, -0.2) is 0 Å². The van der Waals surface area contributed by atoms with Gasteiger partial charge in [-0.1, -0.05) is 12.8 Å². The third kappa shape index (κ3) is 3.03. The molecule has 0 saturated heterocycles. The SMILES string of the molecule is I[S+](C1CCCCC1)C1CCCCC1. The zero-order valence-corrected chi connectivity index (χ0v) is 12.0. The molecule has 2 aliphatic carbocycles. The van der Waals surface area contributed by atoms with Gasteiger partial charge in [0.05, 0.1) is 8.07 Å². The van der Waals surface area contributed by atoms with Crippen LogP contribution >= 0.6 is 21.2 Å². The highest BCUT2D eigenvalue weighted by Gasteiger charge is 2.37. The average molecular weight is 325 g/mol. The van der Waals surface area contributed by atoms with E-state index in [0.29, 0.717) is 0 Å². The molecule has 2 heteroatoms. The topological polar surface area (TPSA) is 0 Å². The van der Waals surface area contributed by atoms with E-state index in [0.717, 1.165) is 18.6 Å². The molecular formula is C12H22IS+. The second-order valence-corrected chi connectivity index (χ2v) is 9.85. The van der Waals surface area contributed by atoms with Crippen molar-refractivity contribution in [3.05, 3.63) is 0 Å². The van der Waals surface area contributed by atoms with Crippen molar-refractivity contribution in [1.82, 2.24) is 0 Å². The third-order valence-corrected chi connectivity index (χ3v) is 10.3. The monoisotopic (exact) mass is 325 g/mol. The molecule has 14 heavy (non-hydrogen) atoms. The maximum absolute atomic E-state index is 2.81. The van der Waals surface area contributed by atoms with E-state index < -0.39 is 0 Å². The van der Waals surface area contributed by atoms with Crippen LogP contribution in [0.1, 0.15) is 64.2 Å². The van der Waals surface area contributed by atoms with Gasteiger partial charge in [0.2, 0.25) is 0 Å². The van der Waals surface area contributed by atoms with Crippen LogP contribution < -0.4 is 0 Å². The lowest BCUT2D eigenvalue weighted by Gasteiger charge is -2.26. The van der Waals surface area contributed by atoms with Crippen molar-refractivity contribution < 1.29 is 0 Å². The molecule has 0 aliphatic heterocycles. The molecule has 0 unspecified atom stereocenters. The van der Waals surface area contributed by atoms with Gasteiger partial charge in [-0.2, -0.15) is 0 Å². The maximum atomic E-state index is 2.81. The predicted octanol–water partition coefficient (Wildman–Crippen LogP) is 4.62. The highest BCUT2D eigenvalue weighted by molar-refractivity contribution is 14.2. The summed E-state index contributed by atoms with van der Waals surface area (Å²) in [7, 11) is 0.727. The minimum Gasteiger partial charge on any atom is -0.0529 e. The number of halogens is 1. The van der Waals surface area contributed by atoms with E-state index in [2.05, 4.69) is 21.2 Å². The van der Waals surface area contributed by atoms with Crippen molar-refractivity contribution in [2.24, 2.45) is 0 Å². The van der Waals surface area contributed by atoms with Gasteiger partial charge in [0.1, 0.15) is 10.5 Å². The Labute approximate surface area is 104 Å². The highest BCUT2D eigenvalue weighted by atomic mass is 127. The van der Waals surface area contributed by atoms with Crippen molar-refractivity contribution in [1.29, 1.82) is 0 Å². The van der Waals surface area contributed by atoms with Crippen LogP contribution in [0, 0.1) is 0 Å². The average Bonchev–Trinajstić information content (AvgIpc) is 2.30. The normalized spacial score (nSPS) is 27.0. The van der Waals surface area contributed by atoms with Gasteiger partial charge in [0.15, 0.2) is 0 Å². The summed E-state index contributed by atoms with van der Waals surface area (Å²) in [6.07, 6.45) is 15.3. The molecule has 2 fully saturated rings. The van der Waals surface area contributed by atoms with Gasteiger partial charge in [0.25, 0.3) is 21.2 Å². The summed E-state index contributed by atoms with van der Waals surface area (Å²) in [5, 5.41) is 2.21. The largest absolute Gasteiger partial charge is 0.251 e. The van der Waals surface area contributed by atoms with Crippen molar-refractivity contribution >= 4 is 29.3 Å². The molecule has 0 aromatic carbocycles. The first-order valence-electron chi connectivity index (χ1n) is 6.26. The van der Waals surface area contributed by atoms with Crippen LogP contribution in [-0.2, 0) is 8.07 Å². The van der Waals surface area contributed by atoms with Gasteiger partial charge in [0, 0.05) is 0 Å². The lowest BCUT2D eigenvalue weighted by Crippen LogP contribution is -2.30. The maximum Gasteiger partial charge on any atom is 0.251 e. The summed E-state index contributed by atoms with van der Waals surface area (Å²) < 4.78 is 0. The van der Waals surface area contributed by atoms with E-state index in [9.17, 15) is 0 Å². The van der Waals surface area contributed by atoms with Crippen LogP contribution in [0.5, 0.6) is 0 Å². The smallest absolute Gasteiger partial charge is 0.0529 e. The van der Waals surface area contributed by atoms with Gasteiger partial charge >= 0.3 is 0 Å². The Morgan fingerprint density at radius 3 is 1.36 bits per heavy atom. The summed E-state index contributed by atoms with van der Waals surface area (Å²) in [5.74, 6) is 0. The molecule has 0 aromatic rings. The second-order valence-electron chi connectivity index (χ2n) is 4.83. The standard InChI is InChI=1S/C12H22IS/c13-14(11-7-3-1-4-8-11)12-9-5-2-6-10-12/h11-12H,1-10H2/q+1. The van der Waals surface area contributed by atoms with Crippen LogP contribution in [-0.4, -0.2) is 10.5 Å². The Morgan fingerprint density at radius 1 is 0.643 bits per heavy atom. The molecule has 2 aliphatic rings. The Bertz CT molecular complexity index is 142. The lowest BCUT2D eigenvalue weighted by molar-refractivity contribution is 0.493. The van der Waals surface area contributed by atoms with E-state index in [-0.39, 0.29) is 0 Å². The Morgan fingerprint density at radius 2 is 1.00 bits per heavy atom. The minimum atomic E-state index is 0.727. The summed E-state index contributed by atoms with van der Waals surface area (Å²) in [6, 6.07) is 0.